The van der Waals surface area contributed by atoms with Crippen LogP contribution in [0.1, 0.15) is 20.8 Å². The quantitative estimate of drug-likeness (QED) is 0.605. The summed E-state index contributed by atoms with van der Waals surface area (Å²) in [5, 5.41) is 0. The first kappa shape index (κ1) is 7.66. The van der Waals surface area contributed by atoms with Crippen molar-refractivity contribution in [1.82, 2.24) is 0 Å². The van der Waals surface area contributed by atoms with E-state index in [0.29, 0.717) is 0 Å². The summed E-state index contributed by atoms with van der Waals surface area (Å²) < 4.78 is 0. The van der Waals surface area contributed by atoms with Crippen LogP contribution in [0.2, 0.25) is 14.7 Å². The third-order valence-corrected chi connectivity index (χ3v) is 5.61. The molecular formula is C6H15Pd. The predicted molar refractivity (Wildman–Crippen MR) is 31.4 cm³/mol. The van der Waals surface area contributed by atoms with Gasteiger partial charge in [0.15, 0.2) is 0 Å². The Morgan fingerprint density at radius 2 is 1.14 bits per heavy atom. The summed E-state index contributed by atoms with van der Waals surface area (Å²) in [6, 6.07) is 0. The first-order valence-corrected chi connectivity index (χ1v) is 6.09. The molecule has 0 unspecified atom stereocenters. The minimum absolute atomic E-state index is 0.0139. The van der Waals surface area contributed by atoms with Crippen LogP contribution >= 0.6 is 0 Å². The van der Waals surface area contributed by atoms with Crippen molar-refractivity contribution in [2.75, 3.05) is 0 Å². The molecule has 0 spiro atoms. The molecule has 0 aliphatic heterocycles. The molecule has 0 heterocycles. The van der Waals surface area contributed by atoms with E-state index in [4.69, 9.17) is 0 Å². The van der Waals surface area contributed by atoms with Crippen LogP contribution in [0, 0.1) is 0 Å². The molecule has 0 aliphatic carbocycles. The van der Waals surface area contributed by atoms with Gasteiger partial charge in [-0.25, -0.2) is 0 Å². The second-order valence-corrected chi connectivity index (χ2v) is 6.77. The van der Waals surface area contributed by atoms with E-state index in [1.807, 2.05) is 0 Å². The summed E-state index contributed by atoms with van der Waals surface area (Å²) in [6.07, 6.45) is 0. The third-order valence-electron chi connectivity index (χ3n) is 0.949. The number of hydrogen-bond acceptors (Lipinski definition) is 0. The van der Waals surface area contributed by atoms with Crippen molar-refractivity contribution in [1.29, 1.82) is 0 Å². The molecule has 1 heteroatoms. The summed E-state index contributed by atoms with van der Waals surface area (Å²) in [5.41, 5.74) is 0. The third kappa shape index (κ3) is 3.26. The van der Waals surface area contributed by atoms with E-state index < -0.39 is 0 Å². The van der Waals surface area contributed by atoms with Crippen molar-refractivity contribution in [2.24, 2.45) is 0 Å². The molecule has 0 aromatic heterocycles. The Morgan fingerprint density at radius 3 is 1.14 bits per heavy atom. The van der Waals surface area contributed by atoms with Gasteiger partial charge in [-0.2, -0.15) is 0 Å². The van der Waals surface area contributed by atoms with Crippen molar-refractivity contribution in [3.8, 4) is 0 Å². The zero-order chi connectivity index (χ0) is 5.70. The van der Waals surface area contributed by atoms with Crippen molar-refractivity contribution in [3.63, 3.8) is 0 Å². The molecule has 0 aliphatic rings. The second kappa shape index (κ2) is 4.81. The van der Waals surface area contributed by atoms with E-state index in [9.17, 15) is 0 Å². The summed E-state index contributed by atoms with van der Waals surface area (Å²) in [4.78, 5) is 4.41. The van der Waals surface area contributed by atoms with Gasteiger partial charge in [0.25, 0.3) is 0 Å². The molecule has 0 fully saturated rings. The molecule has 7 heavy (non-hydrogen) atoms. The van der Waals surface area contributed by atoms with Crippen molar-refractivity contribution in [2.45, 2.75) is 35.5 Å². The second-order valence-electron chi connectivity index (χ2n) is 1.15. The topological polar surface area (TPSA) is 0 Å². The molecular weight excluding hydrogens is 178 g/mol. The van der Waals surface area contributed by atoms with Gasteiger partial charge in [-0.05, 0) is 0 Å². The Hall–Kier alpha value is 0.662. The predicted octanol–water partition coefficient (Wildman–Crippen LogP) is 2.92. The van der Waals surface area contributed by atoms with Crippen molar-refractivity contribution < 1.29 is 16.8 Å². The van der Waals surface area contributed by atoms with E-state index in [-0.39, 0.29) is 16.8 Å². The van der Waals surface area contributed by atoms with Gasteiger partial charge in [0.1, 0.15) is 0 Å². The van der Waals surface area contributed by atoms with Gasteiger partial charge in [0.05, 0.1) is 0 Å². The molecule has 0 saturated heterocycles. The molecule has 0 saturated carbocycles. The van der Waals surface area contributed by atoms with Gasteiger partial charge in [-0.1, -0.05) is 0 Å². The number of rotatable bonds is 3. The summed E-state index contributed by atoms with van der Waals surface area (Å²) in [5.74, 6) is 0. The maximum absolute atomic E-state index is 2.31. The average Bonchev–Trinajstić information content (AvgIpc) is 1.72. The Labute approximate surface area is 52.6 Å². The Bertz CT molecular complexity index is 25.7. The fourth-order valence-electron chi connectivity index (χ4n) is 0.474. The van der Waals surface area contributed by atoms with Crippen LogP contribution in [0.15, 0.2) is 0 Å². The first-order valence-electron chi connectivity index (χ1n) is 2.79. The minimum atomic E-state index is 0.0139. The molecule has 0 bridgehead atoms. The van der Waals surface area contributed by atoms with Gasteiger partial charge < -0.3 is 0 Å². The van der Waals surface area contributed by atoms with Crippen LogP contribution in [-0.2, 0) is 16.8 Å². The zero-order valence-electron chi connectivity index (χ0n) is 5.44. The first-order chi connectivity index (χ1) is 3.35. The monoisotopic (exact) mass is 193 g/mol. The van der Waals surface area contributed by atoms with Crippen molar-refractivity contribution in [3.05, 3.63) is 0 Å². The van der Waals surface area contributed by atoms with E-state index in [0.717, 1.165) is 0 Å². The molecule has 0 N–H and O–H groups in total. The van der Waals surface area contributed by atoms with Gasteiger partial charge in [-0.3, -0.25) is 0 Å². The summed E-state index contributed by atoms with van der Waals surface area (Å²) in [6.45, 7) is 6.94. The van der Waals surface area contributed by atoms with Gasteiger partial charge in [0.2, 0.25) is 0 Å². The Balaban J connectivity index is 2.99. The summed E-state index contributed by atoms with van der Waals surface area (Å²) in [7, 11) is 0. The van der Waals surface area contributed by atoms with Crippen LogP contribution < -0.4 is 0 Å². The fourth-order valence-corrected chi connectivity index (χ4v) is 2.81. The molecule has 0 rings (SSSR count). The fraction of sp³-hybridized carbons (Fsp3) is 1.00. The molecule has 49 valence electrons. The van der Waals surface area contributed by atoms with Crippen LogP contribution in [-0.4, -0.2) is 0 Å². The normalized spacial score (nSPS) is 11.6. The number of hydrogen-bond donors (Lipinski definition) is 0. The van der Waals surface area contributed by atoms with Crippen LogP contribution in [0.5, 0.6) is 0 Å². The maximum atomic E-state index is 2.31. The summed E-state index contributed by atoms with van der Waals surface area (Å²) >= 11 is 0.0139. The van der Waals surface area contributed by atoms with Crippen LogP contribution in [0.25, 0.3) is 0 Å². The van der Waals surface area contributed by atoms with Crippen LogP contribution in [0.3, 0.4) is 0 Å². The molecule has 0 aromatic carbocycles. The van der Waals surface area contributed by atoms with Gasteiger partial charge >= 0.3 is 52.2 Å². The Kier molecular flexibility index (Phi) is 5.27. The molecule has 0 nitrogen and oxygen atoms in total. The van der Waals surface area contributed by atoms with Crippen molar-refractivity contribution >= 4 is 0 Å². The van der Waals surface area contributed by atoms with E-state index >= 15 is 0 Å². The van der Waals surface area contributed by atoms with E-state index in [1.165, 1.54) is 14.7 Å². The molecule has 0 amide bonds. The van der Waals surface area contributed by atoms with E-state index in [1.54, 1.807) is 0 Å². The van der Waals surface area contributed by atoms with Crippen LogP contribution in [0.4, 0.5) is 0 Å². The molecule has 0 aromatic rings. The zero-order valence-corrected chi connectivity index (χ0v) is 6.99. The molecule has 0 radical (unpaired) electrons. The molecule has 0 atom stereocenters. The average molecular weight is 194 g/mol. The Morgan fingerprint density at radius 1 is 0.857 bits per heavy atom. The standard InChI is InChI=1S/3C2H5.Pd/c3*1-2;/h3*1H2,2H3;. The SMILES string of the molecule is C[CH2][Pd]([CH2]C)[CH2]C. The van der Waals surface area contributed by atoms with Gasteiger partial charge in [0, 0.05) is 0 Å². The van der Waals surface area contributed by atoms with Gasteiger partial charge in [-0.15, -0.1) is 0 Å². The van der Waals surface area contributed by atoms with E-state index in [2.05, 4.69) is 20.8 Å².